The Morgan fingerprint density at radius 3 is 1.91 bits per heavy atom. The van der Waals surface area contributed by atoms with E-state index in [1.165, 1.54) is 6.07 Å². The molecule has 0 unspecified atom stereocenters. The Morgan fingerprint density at radius 1 is 0.606 bits per heavy atom. The number of benzene rings is 3. The Balaban J connectivity index is 1.67. The fourth-order valence-corrected chi connectivity index (χ4v) is 3.91. The third-order valence-electron chi connectivity index (χ3n) is 5.88. The van der Waals surface area contributed by atoms with Crippen molar-refractivity contribution in [2.75, 3.05) is 0 Å². The molecular weight excluding hydrogens is 417 g/mol. The molecule has 0 N–H and O–H groups in total. The fourth-order valence-electron chi connectivity index (χ4n) is 3.91. The second-order valence-corrected chi connectivity index (χ2v) is 8.24. The highest BCUT2D eigenvalue weighted by Crippen LogP contribution is 2.28. The Morgan fingerprint density at radius 2 is 1.24 bits per heavy atom. The molecule has 0 aromatic heterocycles. The van der Waals surface area contributed by atoms with Crippen LogP contribution in [-0.4, -0.2) is 0 Å². The van der Waals surface area contributed by atoms with Gasteiger partial charge in [0.15, 0.2) is 11.6 Å². The van der Waals surface area contributed by atoms with Gasteiger partial charge in [-0.25, -0.2) is 13.2 Å². The number of rotatable bonds is 10. The van der Waals surface area contributed by atoms with Crippen LogP contribution in [0.4, 0.5) is 13.2 Å². The Kier molecular flexibility index (Phi) is 9.12. The quantitative estimate of drug-likeness (QED) is 0.273. The molecule has 0 saturated carbocycles. The van der Waals surface area contributed by atoms with Crippen LogP contribution >= 0.6 is 0 Å². The monoisotopic (exact) mass is 448 g/mol. The number of allylic oxidation sites excluding steroid dienone is 4. The van der Waals surface area contributed by atoms with E-state index >= 15 is 0 Å². The molecule has 3 rings (SSSR count). The first-order valence-corrected chi connectivity index (χ1v) is 11.6. The second kappa shape index (κ2) is 12.2. The van der Waals surface area contributed by atoms with Gasteiger partial charge in [0.2, 0.25) is 0 Å². The zero-order chi connectivity index (χ0) is 23.6. The van der Waals surface area contributed by atoms with Crippen molar-refractivity contribution in [1.82, 2.24) is 0 Å². The van der Waals surface area contributed by atoms with Crippen molar-refractivity contribution in [1.29, 1.82) is 0 Å². The fraction of sp³-hybridized carbons (Fsp3) is 0.267. The summed E-state index contributed by atoms with van der Waals surface area (Å²) < 4.78 is 44.0. The second-order valence-electron chi connectivity index (χ2n) is 8.24. The maximum atomic E-state index is 14.8. The molecule has 0 bridgehead atoms. The van der Waals surface area contributed by atoms with Crippen molar-refractivity contribution in [3.63, 3.8) is 0 Å². The van der Waals surface area contributed by atoms with Gasteiger partial charge in [-0.05, 0) is 86.3 Å². The highest BCUT2D eigenvalue weighted by atomic mass is 19.2. The van der Waals surface area contributed by atoms with Crippen LogP contribution in [0.2, 0.25) is 0 Å². The average molecular weight is 449 g/mol. The minimum Gasteiger partial charge on any atom is -0.207 e. The van der Waals surface area contributed by atoms with Gasteiger partial charge in [0.25, 0.3) is 0 Å². The minimum absolute atomic E-state index is 0.242. The van der Waals surface area contributed by atoms with Gasteiger partial charge in [-0.15, -0.1) is 0 Å². The SMILES string of the molecule is C/C=C/CCc1ccc(-c2ccc(CCc3ccc(CC/C=C/C)c(F)c3)c(F)c2F)cc1. The molecule has 0 aliphatic heterocycles. The van der Waals surface area contributed by atoms with Gasteiger partial charge in [-0.3, -0.25) is 0 Å². The largest absolute Gasteiger partial charge is 0.207 e. The van der Waals surface area contributed by atoms with Crippen LogP contribution in [0.3, 0.4) is 0 Å². The van der Waals surface area contributed by atoms with Gasteiger partial charge in [-0.1, -0.05) is 72.8 Å². The smallest absolute Gasteiger partial charge is 0.166 e. The number of hydrogen-bond acceptors (Lipinski definition) is 0. The Bertz CT molecular complexity index is 1110. The van der Waals surface area contributed by atoms with Gasteiger partial charge in [0.05, 0.1) is 0 Å². The molecule has 0 aliphatic carbocycles. The summed E-state index contributed by atoms with van der Waals surface area (Å²) in [7, 11) is 0. The van der Waals surface area contributed by atoms with Crippen LogP contribution in [-0.2, 0) is 25.7 Å². The topological polar surface area (TPSA) is 0 Å². The molecule has 3 aromatic carbocycles. The van der Waals surface area contributed by atoms with Crippen molar-refractivity contribution in [3.05, 3.63) is 119 Å². The summed E-state index contributed by atoms with van der Waals surface area (Å²) in [6.07, 6.45) is 12.2. The van der Waals surface area contributed by atoms with Crippen molar-refractivity contribution >= 4 is 0 Å². The Labute approximate surface area is 195 Å². The van der Waals surface area contributed by atoms with E-state index in [9.17, 15) is 13.2 Å². The van der Waals surface area contributed by atoms with Gasteiger partial charge >= 0.3 is 0 Å². The minimum atomic E-state index is -0.834. The van der Waals surface area contributed by atoms with E-state index in [-0.39, 0.29) is 11.4 Å². The first-order valence-electron chi connectivity index (χ1n) is 11.6. The molecule has 3 heteroatoms. The van der Waals surface area contributed by atoms with Gasteiger partial charge < -0.3 is 0 Å². The summed E-state index contributed by atoms with van der Waals surface area (Å²) in [5.41, 5.74) is 3.83. The van der Waals surface area contributed by atoms with Crippen molar-refractivity contribution in [3.8, 4) is 11.1 Å². The van der Waals surface area contributed by atoms with Gasteiger partial charge in [0.1, 0.15) is 5.82 Å². The highest BCUT2D eigenvalue weighted by molar-refractivity contribution is 5.65. The predicted octanol–water partition coefficient (Wildman–Crippen LogP) is 8.57. The van der Waals surface area contributed by atoms with Crippen LogP contribution < -0.4 is 0 Å². The summed E-state index contributed by atoms with van der Waals surface area (Å²) in [6.45, 7) is 3.93. The van der Waals surface area contributed by atoms with E-state index in [4.69, 9.17) is 0 Å². The van der Waals surface area contributed by atoms with Crippen LogP contribution in [0.25, 0.3) is 11.1 Å². The summed E-state index contributed by atoms with van der Waals surface area (Å²) in [5, 5.41) is 0. The third-order valence-corrected chi connectivity index (χ3v) is 5.88. The lowest BCUT2D eigenvalue weighted by Gasteiger charge is -2.10. The molecular formula is C30H31F3. The lowest BCUT2D eigenvalue weighted by Crippen LogP contribution is -2.01. The van der Waals surface area contributed by atoms with E-state index in [1.54, 1.807) is 18.2 Å². The highest BCUT2D eigenvalue weighted by Gasteiger charge is 2.15. The molecule has 0 saturated heterocycles. The van der Waals surface area contributed by atoms with E-state index in [0.717, 1.165) is 30.4 Å². The molecule has 0 fully saturated rings. The third kappa shape index (κ3) is 6.71. The van der Waals surface area contributed by atoms with E-state index < -0.39 is 11.6 Å². The molecule has 0 spiro atoms. The van der Waals surface area contributed by atoms with Crippen LogP contribution in [0.1, 0.15) is 48.9 Å². The lowest BCUT2D eigenvalue weighted by molar-refractivity contribution is 0.501. The normalized spacial score (nSPS) is 11.7. The summed E-state index contributed by atoms with van der Waals surface area (Å²) in [5.74, 6) is -1.90. The summed E-state index contributed by atoms with van der Waals surface area (Å²) in [4.78, 5) is 0. The molecule has 0 atom stereocenters. The molecule has 3 aromatic rings. The molecule has 0 amide bonds. The van der Waals surface area contributed by atoms with Gasteiger partial charge in [-0.2, -0.15) is 0 Å². The Hall–Kier alpha value is -3.07. The first kappa shape index (κ1) is 24.6. The maximum Gasteiger partial charge on any atom is 0.166 e. The molecule has 0 radical (unpaired) electrons. The molecule has 172 valence electrons. The zero-order valence-electron chi connectivity index (χ0n) is 19.4. The summed E-state index contributed by atoms with van der Waals surface area (Å²) in [6, 6.07) is 16.0. The maximum absolute atomic E-state index is 14.8. The van der Waals surface area contributed by atoms with Crippen molar-refractivity contribution < 1.29 is 13.2 Å². The van der Waals surface area contributed by atoms with Crippen LogP contribution in [0.5, 0.6) is 0 Å². The van der Waals surface area contributed by atoms with Crippen LogP contribution in [0, 0.1) is 17.5 Å². The van der Waals surface area contributed by atoms with Gasteiger partial charge in [0, 0.05) is 5.56 Å². The molecule has 33 heavy (non-hydrogen) atoms. The van der Waals surface area contributed by atoms with Crippen molar-refractivity contribution in [2.24, 2.45) is 0 Å². The van der Waals surface area contributed by atoms with E-state index in [2.05, 4.69) is 6.08 Å². The average Bonchev–Trinajstić information content (AvgIpc) is 2.82. The van der Waals surface area contributed by atoms with E-state index in [0.29, 0.717) is 36.0 Å². The number of aryl methyl sites for hydroxylation is 4. The molecule has 0 nitrogen and oxygen atoms in total. The van der Waals surface area contributed by atoms with Crippen molar-refractivity contribution in [2.45, 2.75) is 52.4 Å². The summed E-state index contributed by atoms with van der Waals surface area (Å²) >= 11 is 0. The first-order chi connectivity index (χ1) is 16.0. The number of hydrogen-bond donors (Lipinski definition) is 0. The zero-order valence-corrected chi connectivity index (χ0v) is 19.4. The standard InChI is InChI=1S/C30H31F3/c1-3-5-7-9-22-11-15-24(16-12-22)27-20-19-26(29(32)30(27)33)18-14-23-13-17-25(28(31)21-23)10-8-6-4-2/h3-6,11-13,15-17,19-21H,7-10,14,18H2,1-2H3/b5-3+,6-4+. The molecule has 0 heterocycles. The number of halogens is 3. The lowest BCUT2D eigenvalue weighted by atomic mass is 9.97. The molecule has 0 aliphatic rings. The van der Waals surface area contributed by atoms with E-state index in [1.807, 2.05) is 62.4 Å². The predicted molar refractivity (Wildman–Crippen MR) is 132 cm³/mol. The van der Waals surface area contributed by atoms with Crippen LogP contribution in [0.15, 0.2) is 78.9 Å².